The van der Waals surface area contributed by atoms with E-state index in [1.165, 1.54) is 12.3 Å². The second-order valence-corrected chi connectivity index (χ2v) is 2.84. The van der Waals surface area contributed by atoms with Gasteiger partial charge < -0.3 is 5.32 Å². The molecular formula is C6H11BrN2. The van der Waals surface area contributed by atoms with E-state index < -0.39 is 0 Å². The van der Waals surface area contributed by atoms with Gasteiger partial charge in [0.05, 0.1) is 5.84 Å². The van der Waals surface area contributed by atoms with Crippen LogP contribution in [-0.4, -0.2) is 24.3 Å². The molecular weight excluding hydrogens is 180 g/mol. The molecule has 0 radical (unpaired) electrons. The van der Waals surface area contributed by atoms with Crippen molar-refractivity contribution in [2.45, 2.75) is 12.8 Å². The number of amidine groups is 1. The minimum absolute atomic E-state index is 0.999. The molecule has 0 spiro atoms. The first-order valence-electron chi connectivity index (χ1n) is 3.26. The van der Waals surface area contributed by atoms with E-state index in [0.717, 1.165) is 24.8 Å². The van der Waals surface area contributed by atoms with Gasteiger partial charge in [-0.2, -0.15) is 0 Å². The lowest BCUT2D eigenvalue weighted by atomic mass is 10.3. The van der Waals surface area contributed by atoms with Gasteiger partial charge in [-0.15, -0.1) is 0 Å². The molecule has 1 aliphatic rings. The highest BCUT2D eigenvalue weighted by Gasteiger charge is 2.02. The maximum absolute atomic E-state index is 4.26. The van der Waals surface area contributed by atoms with Crippen LogP contribution in [0.2, 0.25) is 0 Å². The van der Waals surface area contributed by atoms with E-state index in [1.807, 2.05) is 0 Å². The van der Waals surface area contributed by atoms with E-state index in [9.17, 15) is 0 Å². The molecule has 52 valence electrons. The van der Waals surface area contributed by atoms with Crippen LogP contribution < -0.4 is 5.32 Å². The number of rotatable bonds is 2. The first-order valence-corrected chi connectivity index (χ1v) is 4.39. The number of aliphatic imine (C=N–C) groups is 1. The molecule has 0 saturated carbocycles. The van der Waals surface area contributed by atoms with Gasteiger partial charge >= 0.3 is 0 Å². The topological polar surface area (TPSA) is 24.4 Å². The van der Waals surface area contributed by atoms with Crippen molar-refractivity contribution in [3.8, 4) is 0 Å². The molecule has 0 amide bonds. The molecule has 1 N–H and O–H groups in total. The summed E-state index contributed by atoms with van der Waals surface area (Å²) < 4.78 is 0. The summed E-state index contributed by atoms with van der Waals surface area (Å²) in [6, 6.07) is 0. The largest absolute Gasteiger partial charge is 0.373 e. The number of nitrogens with one attached hydrogen (secondary N) is 1. The Hall–Kier alpha value is -0.0500. The maximum Gasteiger partial charge on any atom is 0.0963 e. The van der Waals surface area contributed by atoms with Crippen molar-refractivity contribution in [2.24, 2.45) is 4.99 Å². The van der Waals surface area contributed by atoms with Gasteiger partial charge in [-0.3, -0.25) is 4.99 Å². The lowest BCUT2D eigenvalue weighted by Crippen LogP contribution is -2.23. The third kappa shape index (κ3) is 2.35. The summed E-state index contributed by atoms with van der Waals surface area (Å²) in [4.78, 5) is 4.26. The zero-order valence-electron chi connectivity index (χ0n) is 5.36. The molecule has 3 heteroatoms. The van der Waals surface area contributed by atoms with Gasteiger partial charge in [0.25, 0.3) is 0 Å². The Balaban J connectivity index is 2.11. The Kier molecular flexibility index (Phi) is 3.04. The van der Waals surface area contributed by atoms with Crippen LogP contribution in [0.3, 0.4) is 0 Å². The SMILES string of the molecule is BrCCNC1=NCCC1. The molecule has 1 rings (SSSR count). The lowest BCUT2D eigenvalue weighted by Gasteiger charge is -2.00. The molecule has 1 aliphatic heterocycles. The highest BCUT2D eigenvalue weighted by Crippen LogP contribution is 2.00. The zero-order valence-corrected chi connectivity index (χ0v) is 6.95. The zero-order chi connectivity index (χ0) is 6.53. The summed E-state index contributed by atoms with van der Waals surface area (Å²) in [6.07, 6.45) is 2.37. The number of halogens is 1. The molecule has 0 bridgehead atoms. The van der Waals surface area contributed by atoms with Gasteiger partial charge in [0, 0.05) is 24.8 Å². The van der Waals surface area contributed by atoms with Crippen LogP contribution in [0.15, 0.2) is 4.99 Å². The number of hydrogen-bond acceptors (Lipinski definition) is 2. The molecule has 0 aromatic heterocycles. The Morgan fingerprint density at radius 3 is 3.11 bits per heavy atom. The fraction of sp³-hybridized carbons (Fsp3) is 0.833. The highest BCUT2D eigenvalue weighted by atomic mass is 79.9. The van der Waals surface area contributed by atoms with E-state index in [1.54, 1.807) is 0 Å². The monoisotopic (exact) mass is 190 g/mol. The summed E-state index contributed by atoms with van der Waals surface area (Å²) in [5.41, 5.74) is 0. The maximum atomic E-state index is 4.26. The number of hydrogen-bond donors (Lipinski definition) is 1. The standard InChI is InChI=1S/C6H11BrN2/c7-3-5-9-6-2-1-4-8-6/h1-5H2,(H,8,9). The van der Waals surface area contributed by atoms with E-state index in [4.69, 9.17) is 0 Å². The summed E-state index contributed by atoms with van der Waals surface area (Å²) in [7, 11) is 0. The van der Waals surface area contributed by atoms with Crippen molar-refractivity contribution >= 4 is 21.8 Å². The van der Waals surface area contributed by atoms with E-state index in [-0.39, 0.29) is 0 Å². The van der Waals surface area contributed by atoms with Crippen LogP contribution in [0.25, 0.3) is 0 Å². The van der Waals surface area contributed by atoms with Gasteiger partial charge in [-0.25, -0.2) is 0 Å². The summed E-state index contributed by atoms with van der Waals surface area (Å²) in [5, 5.41) is 4.24. The Morgan fingerprint density at radius 2 is 2.56 bits per heavy atom. The van der Waals surface area contributed by atoms with Gasteiger partial charge in [0.2, 0.25) is 0 Å². The van der Waals surface area contributed by atoms with Gasteiger partial charge in [0.1, 0.15) is 0 Å². The molecule has 2 nitrogen and oxygen atoms in total. The Bertz CT molecular complexity index is 112. The first kappa shape index (κ1) is 7.06. The van der Waals surface area contributed by atoms with Crippen molar-refractivity contribution in [2.75, 3.05) is 18.4 Å². The molecule has 0 saturated heterocycles. The minimum Gasteiger partial charge on any atom is -0.373 e. The molecule has 0 aromatic rings. The van der Waals surface area contributed by atoms with Crippen molar-refractivity contribution < 1.29 is 0 Å². The Labute approximate surface area is 63.9 Å². The molecule has 1 heterocycles. The average molecular weight is 191 g/mol. The summed E-state index contributed by atoms with van der Waals surface area (Å²) in [6.45, 7) is 2.02. The molecule has 0 fully saturated rings. The van der Waals surface area contributed by atoms with Gasteiger partial charge in [-0.05, 0) is 6.42 Å². The van der Waals surface area contributed by atoms with Gasteiger partial charge in [-0.1, -0.05) is 15.9 Å². The van der Waals surface area contributed by atoms with Crippen LogP contribution >= 0.6 is 15.9 Å². The highest BCUT2D eigenvalue weighted by molar-refractivity contribution is 9.09. The molecule has 0 aromatic carbocycles. The van der Waals surface area contributed by atoms with Crippen LogP contribution in [0, 0.1) is 0 Å². The predicted octanol–water partition coefficient (Wildman–Crippen LogP) is 1.16. The van der Waals surface area contributed by atoms with Crippen molar-refractivity contribution in [1.82, 2.24) is 5.32 Å². The smallest absolute Gasteiger partial charge is 0.0963 e. The van der Waals surface area contributed by atoms with Crippen LogP contribution in [0.5, 0.6) is 0 Å². The van der Waals surface area contributed by atoms with Crippen molar-refractivity contribution in [3.05, 3.63) is 0 Å². The second-order valence-electron chi connectivity index (χ2n) is 2.05. The lowest BCUT2D eigenvalue weighted by molar-refractivity contribution is 0.927. The summed E-state index contributed by atoms with van der Waals surface area (Å²) in [5.74, 6) is 1.19. The average Bonchev–Trinajstić information content (AvgIpc) is 2.34. The van der Waals surface area contributed by atoms with E-state index >= 15 is 0 Å². The third-order valence-corrected chi connectivity index (χ3v) is 1.69. The van der Waals surface area contributed by atoms with Crippen molar-refractivity contribution in [1.29, 1.82) is 0 Å². The van der Waals surface area contributed by atoms with Crippen LogP contribution in [0.1, 0.15) is 12.8 Å². The predicted molar refractivity (Wildman–Crippen MR) is 43.3 cm³/mol. The fourth-order valence-electron chi connectivity index (χ4n) is 0.875. The van der Waals surface area contributed by atoms with E-state index in [2.05, 4.69) is 26.2 Å². The van der Waals surface area contributed by atoms with Crippen LogP contribution in [-0.2, 0) is 0 Å². The quantitative estimate of drug-likeness (QED) is 0.651. The van der Waals surface area contributed by atoms with Crippen molar-refractivity contribution in [3.63, 3.8) is 0 Å². The first-order chi connectivity index (χ1) is 4.43. The Morgan fingerprint density at radius 1 is 1.67 bits per heavy atom. The number of alkyl halides is 1. The molecule has 0 aliphatic carbocycles. The normalized spacial score (nSPS) is 17.7. The molecule has 0 unspecified atom stereocenters. The van der Waals surface area contributed by atoms with Gasteiger partial charge in [0.15, 0.2) is 0 Å². The fourth-order valence-corrected chi connectivity index (χ4v) is 1.07. The number of nitrogens with zero attached hydrogens (tertiary/aromatic N) is 1. The molecule has 0 atom stereocenters. The van der Waals surface area contributed by atoms with Crippen LogP contribution in [0.4, 0.5) is 0 Å². The summed E-state index contributed by atoms with van der Waals surface area (Å²) >= 11 is 3.34. The molecule has 9 heavy (non-hydrogen) atoms. The third-order valence-electron chi connectivity index (χ3n) is 1.30. The van der Waals surface area contributed by atoms with E-state index in [0.29, 0.717) is 0 Å². The second kappa shape index (κ2) is 3.88. The minimum atomic E-state index is 0.999.